The van der Waals surface area contributed by atoms with Gasteiger partial charge in [-0.2, -0.15) is 0 Å². The minimum atomic E-state index is -0.405. The van der Waals surface area contributed by atoms with Crippen molar-refractivity contribution < 1.29 is 14.3 Å². The molecule has 144 valence electrons. The van der Waals surface area contributed by atoms with Crippen LogP contribution in [0.4, 0.5) is 5.69 Å². The Morgan fingerprint density at radius 3 is 2.74 bits per heavy atom. The fraction of sp³-hybridized carbons (Fsp3) is 0.455. The van der Waals surface area contributed by atoms with Crippen LogP contribution in [0.5, 0.6) is 0 Å². The van der Waals surface area contributed by atoms with Crippen molar-refractivity contribution in [2.24, 2.45) is 0 Å². The third-order valence-electron chi connectivity index (χ3n) is 4.97. The summed E-state index contributed by atoms with van der Waals surface area (Å²) >= 11 is 1.51. The number of aryl methyl sites for hydroxylation is 3. The third-order valence-corrected chi connectivity index (χ3v) is 6.19. The van der Waals surface area contributed by atoms with Crippen LogP contribution in [0.25, 0.3) is 0 Å². The molecule has 2 aromatic rings. The van der Waals surface area contributed by atoms with Gasteiger partial charge in [0.05, 0.1) is 0 Å². The minimum Gasteiger partial charge on any atom is -0.451 e. The highest BCUT2D eigenvalue weighted by Gasteiger charge is 2.19. The predicted octanol–water partition coefficient (Wildman–Crippen LogP) is 5.24. The Labute approximate surface area is 164 Å². The van der Waals surface area contributed by atoms with Crippen LogP contribution >= 0.6 is 11.3 Å². The number of para-hydroxylation sites is 1. The van der Waals surface area contributed by atoms with Crippen molar-refractivity contribution in [3.8, 4) is 0 Å². The van der Waals surface area contributed by atoms with Gasteiger partial charge in [-0.3, -0.25) is 4.79 Å². The summed E-state index contributed by atoms with van der Waals surface area (Å²) in [5.74, 6) is -0.418. The Morgan fingerprint density at radius 1 is 1.19 bits per heavy atom. The number of thiophene rings is 1. The molecule has 0 saturated carbocycles. The lowest BCUT2D eigenvalue weighted by molar-refractivity contribution is -0.119. The van der Waals surface area contributed by atoms with E-state index in [1.165, 1.54) is 41.0 Å². The number of nitrogens with one attached hydrogen (secondary N) is 1. The van der Waals surface area contributed by atoms with Crippen LogP contribution in [0, 0.1) is 6.92 Å². The highest BCUT2D eigenvalue weighted by atomic mass is 32.1. The molecule has 0 fully saturated rings. The summed E-state index contributed by atoms with van der Waals surface area (Å²) in [6.07, 6.45) is 5.68. The number of anilines is 1. The van der Waals surface area contributed by atoms with Crippen LogP contribution in [-0.2, 0) is 22.4 Å². The first-order chi connectivity index (χ1) is 13.0. The second-order valence-electron chi connectivity index (χ2n) is 7.44. The van der Waals surface area contributed by atoms with Gasteiger partial charge in [0.25, 0.3) is 5.91 Å². The van der Waals surface area contributed by atoms with E-state index in [0.29, 0.717) is 10.8 Å². The molecule has 4 nitrogen and oxygen atoms in total. The Balaban J connectivity index is 1.61. The van der Waals surface area contributed by atoms with Gasteiger partial charge in [0.1, 0.15) is 4.88 Å². The predicted molar refractivity (Wildman–Crippen MR) is 110 cm³/mol. The fourth-order valence-electron chi connectivity index (χ4n) is 3.49. The first kappa shape index (κ1) is 19.6. The van der Waals surface area contributed by atoms with E-state index in [0.717, 1.165) is 29.7 Å². The number of hydrogen-bond acceptors (Lipinski definition) is 4. The van der Waals surface area contributed by atoms with E-state index < -0.39 is 5.97 Å². The number of ether oxygens (including phenoxy) is 1. The van der Waals surface area contributed by atoms with Gasteiger partial charge in [-0.1, -0.05) is 38.5 Å². The van der Waals surface area contributed by atoms with Crippen molar-refractivity contribution in [1.29, 1.82) is 0 Å². The third kappa shape index (κ3) is 4.78. The summed E-state index contributed by atoms with van der Waals surface area (Å²) in [5.41, 5.74) is 4.17. The topological polar surface area (TPSA) is 55.4 Å². The average Bonchev–Trinajstić information content (AvgIpc) is 2.92. The van der Waals surface area contributed by atoms with Crippen LogP contribution in [-0.4, -0.2) is 18.5 Å². The van der Waals surface area contributed by atoms with Gasteiger partial charge >= 0.3 is 5.97 Å². The molecule has 1 heterocycles. The number of amides is 1. The Kier molecular flexibility index (Phi) is 6.32. The van der Waals surface area contributed by atoms with Crippen molar-refractivity contribution in [2.45, 2.75) is 58.8 Å². The smallest absolute Gasteiger partial charge is 0.348 e. The van der Waals surface area contributed by atoms with Gasteiger partial charge < -0.3 is 10.1 Å². The summed E-state index contributed by atoms with van der Waals surface area (Å²) < 4.78 is 5.27. The first-order valence-corrected chi connectivity index (χ1v) is 10.5. The Bertz CT molecular complexity index is 815. The van der Waals surface area contributed by atoms with Crippen molar-refractivity contribution in [1.82, 2.24) is 0 Å². The molecule has 0 saturated heterocycles. The number of fused-ring (bicyclic) bond motifs is 1. The highest BCUT2D eigenvalue weighted by molar-refractivity contribution is 7.14. The largest absolute Gasteiger partial charge is 0.451 e. The number of esters is 1. The van der Waals surface area contributed by atoms with Crippen molar-refractivity contribution in [3.63, 3.8) is 0 Å². The van der Waals surface area contributed by atoms with E-state index in [2.05, 4.69) is 19.2 Å². The van der Waals surface area contributed by atoms with Crippen LogP contribution in [0.2, 0.25) is 0 Å². The molecule has 0 spiro atoms. The Hall–Kier alpha value is -2.14. The summed E-state index contributed by atoms with van der Waals surface area (Å²) in [6.45, 7) is 5.87. The van der Waals surface area contributed by atoms with Gasteiger partial charge in [-0.05, 0) is 61.3 Å². The van der Waals surface area contributed by atoms with Crippen molar-refractivity contribution in [2.75, 3.05) is 11.9 Å². The minimum absolute atomic E-state index is 0.271. The first-order valence-electron chi connectivity index (χ1n) is 9.63. The monoisotopic (exact) mass is 385 g/mol. The van der Waals surface area contributed by atoms with E-state index in [1.54, 1.807) is 0 Å². The number of carbonyl (C=O) groups excluding carboxylic acids is 2. The molecule has 0 atom stereocenters. The number of benzene rings is 1. The second-order valence-corrected chi connectivity index (χ2v) is 8.57. The summed E-state index contributed by atoms with van der Waals surface area (Å²) in [4.78, 5) is 26.6. The fourth-order valence-corrected chi connectivity index (χ4v) is 4.64. The normalized spacial score (nSPS) is 13.8. The number of carbonyl (C=O) groups is 2. The van der Waals surface area contributed by atoms with E-state index in [9.17, 15) is 9.59 Å². The quantitative estimate of drug-likeness (QED) is 0.565. The van der Waals surface area contributed by atoms with Crippen molar-refractivity contribution >= 4 is 28.9 Å². The van der Waals surface area contributed by atoms with Crippen LogP contribution in [0.3, 0.4) is 0 Å². The average molecular weight is 386 g/mol. The van der Waals surface area contributed by atoms with Gasteiger partial charge in [-0.15, -0.1) is 11.3 Å². The number of hydrogen-bond donors (Lipinski definition) is 1. The van der Waals surface area contributed by atoms with E-state index >= 15 is 0 Å². The summed E-state index contributed by atoms with van der Waals surface area (Å²) in [6, 6.07) is 7.91. The molecule has 1 aromatic carbocycles. The number of rotatable bonds is 5. The lowest BCUT2D eigenvalue weighted by Gasteiger charge is -2.16. The molecule has 1 aliphatic carbocycles. The standard InChI is InChI=1S/C22H27NO3S/c1-14(2)17-10-7-8-15(3)21(17)23-20(24)13-26-22(25)19-12-16-9-5-4-6-11-18(16)27-19/h7-8,10,12,14H,4-6,9,11,13H2,1-3H3,(H,23,24). The summed E-state index contributed by atoms with van der Waals surface area (Å²) in [5, 5.41) is 2.91. The van der Waals surface area contributed by atoms with Gasteiger partial charge in [0, 0.05) is 10.6 Å². The molecule has 5 heteroatoms. The zero-order valence-electron chi connectivity index (χ0n) is 16.3. The molecule has 1 amide bonds. The molecule has 0 bridgehead atoms. The van der Waals surface area contributed by atoms with E-state index in [4.69, 9.17) is 4.74 Å². The van der Waals surface area contributed by atoms with E-state index in [-0.39, 0.29) is 12.5 Å². The van der Waals surface area contributed by atoms with Gasteiger partial charge in [-0.25, -0.2) is 4.79 Å². The molecule has 0 aliphatic heterocycles. The molecule has 0 radical (unpaired) electrons. The Morgan fingerprint density at radius 2 is 1.96 bits per heavy atom. The van der Waals surface area contributed by atoms with Gasteiger partial charge in [0.2, 0.25) is 0 Å². The molecule has 3 rings (SSSR count). The molecule has 1 N–H and O–H groups in total. The molecular formula is C22H27NO3S. The van der Waals surface area contributed by atoms with Crippen LogP contribution in [0.15, 0.2) is 24.3 Å². The molecule has 27 heavy (non-hydrogen) atoms. The maximum Gasteiger partial charge on any atom is 0.348 e. The molecular weight excluding hydrogens is 358 g/mol. The van der Waals surface area contributed by atoms with Crippen molar-refractivity contribution in [3.05, 3.63) is 50.7 Å². The zero-order valence-corrected chi connectivity index (χ0v) is 17.1. The summed E-state index contributed by atoms with van der Waals surface area (Å²) in [7, 11) is 0. The SMILES string of the molecule is Cc1cccc(C(C)C)c1NC(=O)COC(=O)c1cc2c(s1)CCCCC2. The molecule has 1 aliphatic rings. The lowest BCUT2D eigenvalue weighted by Crippen LogP contribution is -2.22. The molecule has 0 unspecified atom stereocenters. The van der Waals surface area contributed by atoms with Crippen LogP contribution in [0.1, 0.15) is 70.3 Å². The van der Waals surface area contributed by atoms with Crippen LogP contribution < -0.4 is 5.32 Å². The maximum absolute atomic E-state index is 12.4. The zero-order chi connectivity index (χ0) is 19.4. The second kappa shape index (κ2) is 8.70. The maximum atomic E-state index is 12.4. The highest BCUT2D eigenvalue weighted by Crippen LogP contribution is 2.30. The lowest BCUT2D eigenvalue weighted by atomic mass is 9.98. The van der Waals surface area contributed by atoms with E-state index in [1.807, 2.05) is 31.2 Å². The van der Waals surface area contributed by atoms with Gasteiger partial charge in [0.15, 0.2) is 6.61 Å². The molecule has 1 aromatic heterocycles.